The number of rotatable bonds is 10. The first kappa shape index (κ1) is 21.0. The van der Waals surface area contributed by atoms with Gasteiger partial charge in [0, 0.05) is 12.5 Å². The predicted molar refractivity (Wildman–Crippen MR) is 104 cm³/mol. The smallest absolute Gasteiger partial charge is 0.204 e. The monoisotopic (exact) mass is 394 g/mol. The summed E-state index contributed by atoms with van der Waals surface area (Å²) in [5, 5.41) is 0.266. The number of carbonyl (C=O) groups excluding carboxylic acids is 1. The van der Waals surface area contributed by atoms with E-state index >= 15 is 0 Å². The van der Waals surface area contributed by atoms with E-state index in [4.69, 9.17) is 25.8 Å². The molecule has 0 radical (unpaired) electrons. The Labute approximate surface area is 164 Å². The van der Waals surface area contributed by atoms with Gasteiger partial charge in [0.25, 0.3) is 0 Å². The summed E-state index contributed by atoms with van der Waals surface area (Å²) in [6, 6.07) is 8.30. The van der Waals surface area contributed by atoms with E-state index in [1.54, 1.807) is 25.1 Å². The van der Waals surface area contributed by atoms with Gasteiger partial charge in [-0.3, -0.25) is 4.79 Å². The molecule has 0 aliphatic heterocycles. The molecule has 0 N–H and O–H groups in total. The summed E-state index contributed by atoms with van der Waals surface area (Å²) in [5.41, 5.74) is 0.985. The quantitative estimate of drug-likeness (QED) is 0.394. The topological polar surface area (TPSA) is 44.8 Å². The van der Waals surface area contributed by atoms with Crippen molar-refractivity contribution in [2.45, 2.75) is 32.6 Å². The lowest BCUT2D eigenvalue weighted by molar-refractivity contribution is 0.0984. The molecule has 2 rings (SSSR count). The average Bonchev–Trinajstić information content (AvgIpc) is 2.68. The molecule has 4 nitrogen and oxygen atoms in total. The van der Waals surface area contributed by atoms with Gasteiger partial charge in [0.2, 0.25) is 5.75 Å². The Hall–Kier alpha value is -2.27. The van der Waals surface area contributed by atoms with Crippen LogP contribution in [0.2, 0.25) is 5.02 Å². The van der Waals surface area contributed by atoms with Gasteiger partial charge in [-0.05, 0) is 30.9 Å². The van der Waals surface area contributed by atoms with E-state index < -0.39 is 0 Å². The summed E-state index contributed by atoms with van der Waals surface area (Å²) in [6.07, 6.45) is 2.40. The van der Waals surface area contributed by atoms with Crippen molar-refractivity contribution in [2.75, 3.05) is 20.8 Å². The molecule has 2 aromatic rings. The molecule has 0 bridgehead atoms. The first-order chi connectivity index (χ1) is 13.0. The fourth-order valence-corrected chi connectivity index (χ4v) is 3.09. The molecule has 6 heteroatoms. The van der Waals surface area contributed by atoms with Gasteiger partial charge in [0.1, 0.15) is 5.82 Å². The first-order valence-corrected chi connectivity index (χ1v) is 9.25. The van der Waals surface area contributed by atoms with Crippen LogP contribution in [0.15, 0.2) is 30.3 Å². The molecule has 0 aliphatic carbocycles. The number of Topliss-reactive ketones (excluding diaryl/α,β-unsaturated/α-hetero) is 1. The maximum atomic E-state index is 13.6. The SMILES string of the molecule is CCC(=O)c1c(Cl)cc(OC)c(OCCCCc2ccccc2F)c1OC. The number of aryl methyl sites for hydroxylation is 1. The van der Waals surface area contributed by atoms with Gasteiger partial charge >= 0.3 is 0 Å². The molecule has 0 saturated heterocycles. The first-order valence-electron chi connectivity index (χ1n) is 8.87. The zero-order valence-corrected chi connectivity index (χ0v) is 16.6. The predicted octanol–water partition coefficient (Wildman–Crippen LogP) is 5.49. The number of benzene rings is 2. The third-order valence-electron chi connectivity index (χ3n) is 4.22. The maximum absolute atomic E-state index is 13.6. The Bertz CT molecular complexity index is 792. The fraction of sp³-hybridized carbons (Fsp3) is 0.381. The second-order valence-electron chi connectivity index (χ2n) is 5.97. The minimum Gasteiger partial charge on any atom is -0.493 e. The van der Waals surface area contributed by atoms with Crippen molar-refractivity contribution in [1.82, 2.24) is 0 Å². The Balaban J connectivity index is 2.08. The normalized spacial score (nSPS) is 10.6. The third kappa shape index (κ3) is 5.13. The van der Waals surface area contributed by atoms with Crippen LogP contribution >= 0.6 is 11.6 Å². The zero-order chi connectivity index (χ0) is 19.8. The van der Waals surface area contributed by atoms with Crippen molar-refractivity contribution in [2.24, 2.45) is 0 Å². The van der Waals surface area contributed by atoms with Crippen molar-refractivity contribution < 1.29 is 23.4 Å². The average molecular weight is 395 g/mol. The number of hydrogen-bond acceptors (Lipinski definition) is 4. The van der Waals surface area contributed by atoms with Crippen LogP contribution in [0.4, 0.5) is 4.39 Å². The molecule has 0 aliphatic rings. The highest BCUT2D eigenvalue weighted by Gasteiger charge is 2.24. The van der Waals surface area contributed by atoms with Gasteiger partial charge in [0.15, 0.2) is 17.3 Å². The molecule has 0 unspecified atom stereocenters. The van der Waals surface area contributed by atoms with Crippen LogP contribution in [-0.4, -0.2) is 26.6 Å². The molecule has 0 saturated carbocycles. The van der Waals surface area contributed by atoms with E-state index in [-0.39, 0.29) is 22.4 Å². The summed E-state index contributed by atoms with van der Waals surface area (Å²) in [7, 11) is 2.96. The van der Waals surface area contributed by atoms with E-state index in [1.165, 1.54) is 20.3 Å². The Morgan fingerprint density at radius 3 is 2.48 bits per heavy atom. The summed E-state index contributed by atoms with van der Waals surface area (Å²) in [6.45, 7) is 2.13. The molecule has 2 aromatic carbocycles. The second kappa shape index (κ2) is 10.2. The molecule has 0 amide bonds. The van der Waals surface area contributed by atoms with Gasteiger partial charge in [-0.2, -0.15) is 0 Å². The molecule has 0 atom stereocenters. The minimum absolute atomic E-state index is 0.135. The van der Waals surface area contributed by atoms with Crippen LogP contribution < -0.4 is 14.2 Å². The van der Waals surface area contributed by atoms with Gasteiger partial charge in [-0.25, -0.2) is 4.39 Å². The molecule has 0 spiro atoms. The van der Waals surface area contributed by atoms with Crippen molar-refractivity contribution >= 4 is 17.4 Å². The molecule has 27 heavy (non-hydrogen) atoms. The Kier molecular flexibility index (Phi) is 7.92. The molecule has 146 valence electrons. The Morgan fingerprint density at radius 2 is 1.85 bits per heavy atom. The van der Waals surface area contributed by atoms with Gasteiger partial charge in [0.05, 0.1) is 31.4 Å². The maximum Gasteiger partial charge on any atom is 0.204 e. The van der Waals surface area contributed by atoms with E-state index in [1.807, 2.05) is 6.07 Å². The van der Waals surface area contributed by atoms with E-state index in [0.717, 1.165) is 6.42 Å². The highest BCUT2D eigenvalue weighted by Crippen LogP contribution is 2.44. The van der Waals surface area contributed by atoms with Crippen molar-refractivity contribution in [1.29, 1.82) is 0 Å². The third-order valence-corrected chi connectivity index (χ3v) is 4.52. The second-order valence-corrected chi connectivity index (χ2v) is 6.38. The summed E-state index contributed by atoms with van der Waals surface area (Å²) in [5.74, 6) is 0.706. The van der Waals surface area contributed by atoms with Crippen molar-refractivity contribution in [3.05, 3.63) is 52.3 Å². The van der Waals surface area contributed by atoms with Gasteiger partial charge < -0.3 is 14.2 Å². The highest BCUT2D eigenvalue weighted by atomic mass is 35.5. The van der Waals surface area contributed by atoms with Crippen LogP contribution in [0.3, 0.4) is 0 Å². The molecule has 0 fully saturated rings. The van der Waals surface area contributed by atoms with Crippen LogP contribution in [0.1, 0.15) is 42.1 Å². The summed E-state index contributed by atoms with van der Waals surface area (Å²) in [4.78, 5) is 12.2. The van der Waals surface area contributed by atoms with E-state index in [0.29, 0.717) is 48.5 Å². The highest BCUT2D eigenvalue weighted by molar-refractivity contribution is 6.34. The van der Waals surface area contributed by atoms with Crippen LogP contribution in [0, 0.1) is 5.82 Å². The molecular formula is C21H24ClFO4. The van der Waals surface area contributed by atoms with Crippen LogP contribution in [0.5, 0.6) is 17.2 Å². The molecule has 0 aromatic heterocycles. The number of carbonyl (C=O) groups is 1. The van der Waals surface area contributed by atoms with Crippen molar-refractivity contribution in [3.63, 3.8) is 0 Å². The van der Waals surface area contributed by atoms with Gasteiger partial charge in [-0.15, -0.1) is 0 Å². The summed E-state index contributed by atoms with van der Waals surface area (Å²) >= 11 is 6.23. The molecular weight excluding hydrogens is 371 g/mol. The lowest BCUT2D eigenvalue weighted by atomic mass is 10.1. The number of ketones is 1. The number of hydrogen-bond donors (Lipinski definition) is 0. The lowest BCUT2D eigenvalue weighted by Gasteiger charge is -2.18. The lowest BCUT2D eigenvalue weighted by Crippen LogP contribution is -2.07. The summed E-state index contributed by atoms with van der Waals surface area (Å²) < 4.78 is 30.2. The van der Waals surface area contributed by atoms with Crippen LogP contribution in [0.25, 0.3) is 0 Å². The van der Waals surface area contributed by atoms with Crippen molar-refractivity contribution in [3.8, 4) is 17.2 Å². The fourth-order valence-electron chi connectivity index (χ4n) is 2.80. The minimum atomic E-state index is -0.192. The largest absolute Gasteiger partial charge is 0.493 e. The zero-order valence-electron chi connectivity index (χ0n) is 15.8. The van der Waals surface area contributed by atoms with E-state index in [2.05, 4.69) is 0 Å². The number of methoxy groups -OCH3 is 2. The van der Waals surface area contributed by atoms with Crippen LogP contribution in [-0.2, 0) is 6.42 Å². The standard InChI is InChI=1S/C21H24ClFO4/c1-4-17(24)19-15(22)13-18(25-2)20(21(19)26-3)27-12-8-7-10-14-9-5-6-11-16(14)23/h5-6,9,11,13H,4,7-8,10,12H2,1-3H3. The number of unbranched alkanes of at least 4 members (excludes halogenated alkanes) is 1. The van der Waals surface area contributed by atoms with E-state index in [9.17, 15) is 9.18 Å². The number of halogens is 2. The Morgan fingerprint density at radius 1 is 1.11 bits per heavy atom. The number of ether oxygens (including phenoxy) is 3. The molecule has 0 heterocycles. The van der Waals surface area contributed by atoms with Gasteiger partial charge in [-0.1, -0.05) is 36.7 Å².